The van der Waals surface area contributed by atoms with Gasteiger partial charge in [0.1, 0.15) is 0 Å². The van der Waals surface area contributed by atoms with Crippen LogP contribution in [0.4, 0.5) is 0 Å². The molecule has 3 aliphatic rings. The lowest BCUT2D eigenvalue weighted by molar-refractivity contribution is 0.132. The SMILES string of the molecule is Brc1ccc2sc3c(c2c1)=C1SC(COCCN2CCCC2)=CC=C1C=CC=3. The molecule has 1 fully saturated rings. The number of halogens is 1. The molecule has 0 unspecified atom stereocenters. The molecule has 0 spiro atoms. The van der Waals surface area contributed by atoms with Crippen LogP contribution in [0, 0.1) is 0 Å². The zero-order valence-corrected chi connectivity index (χ0v) is 18.8. The van der Waals surface area contributed by atoms with Gasteiger partial charge in [-0.1, -0.05) is 45.9 Å². The van der Waals surface area contributed by atoms with Gasteiger partial charge in [0.25, 0.3) is 0 Å². The Hall–Kier alpha value is -1.11. The number of thiophene rings is 1. The molecule has 1 aromatic carbocycles. The molecule has 0 bridgehead atoms. The third kappa shape index (κ3) is 3.83. The van der Waals surface area contributed by atoms with Crippen molar-refractivity contribution < 1.29 is 4.74 Å². The van der Waals surface area contributed by atoms with Crippen LogP contribution in [0.3, 0.4) is 0 Å². The maximum absolute atomic E-state index is 6.02. The molecule has 2 aliphatic heterocycles. The highest BCUT2D eigenvalue weighted by Crippen LogP contribution is 2.37. The number of benzene rings is 1. The van der Waals surface area contributed by atoms with Crippen LogP contribution in [0.1, 0.15) is 12.8 Å². The summed E-state index contributed by atoms with van der Waals surface area (Å²) in [6, 6.07) is 6.59. The van der Waals surface area contributed by atoms with Crippen molar-refractivity contribution >= 4 is 60.1 Å². The molecule has 0 radical (unpaired) electrons. The van der Waals surface area contributed by atoms with E-state index in [0.29, 0.717) is 6.61 Å². The lowest BCUT2D eigenvalue weighted by atomic mass is 10.1. The van der Waals surface area contributed by atoms with E-state index in [1.54, 1.807) is 0 Å². The number of rotatable bonds is 5. The van der Waals surface area contributed by atoms with E-state index in [9.17, 15) is 0 Å². The highest BCUT2D eigenvalue weighted by atomic mass is 79.9. The Balaban J connectivity index is 1.41. The number of nitrogens with zero attached hydrogens (tertiary/aromatic N) is 1. The Morgan fingerprint density at radius 2 is 2.00 bits per heavy atom. The Morgan fingerprint density at radius 1 is 1.11 bits per heavy atom. The Kier molecular flexibility index (Phi) is 5.62. The van der Waals surface area contributed by atoms with E-state index in [1.807, 2.05) is 23.1 Å². The van der Waals surface area contributed by atoms with Gasteiger partial charge in [-0.15, -0.1) is 11.3 Å². The number of allylic oxidation sites excluding steroid dienone is 4. The van der Waals surface area contributed by atoms with Crippen LogP contribution in [-0.4, -0.2) is 37.7 Å². The van der Waals surface area contributed by atoms with Crippen molar-refractivity contribution in [1.29, 1.82) is 0 Å². The summed E-state index contributed by atoms with van der Waals surface area (Å²) in [5.74, 6) is 0. The third-order valence-corrected chi connectivity index (χ3v) is 8.16. The zero-order chi connectivity index (χ0) is 18.9. The second-order valence-electron chi connectivity index (χ2n) is 7.30. The Morgan fingerprint density at radius 3 is 2.89 bits per heavy atom. The van der Waals surface area contributed by atoms with Crippen molar-refractivity contribution in [2.24, 2.45) is 0 Å². The molecule has 28 heavy (non-hydrogen) atoms. The quantitative estimate of drug-likeness (QED) is 0.581. The fourth-order valence-electron chi connectivity index (χ4n) is 3.94. The lowest BCUT2D eigenvalue weighted by Crippen LogP contribution is -2.24. The van der Waals surface area contributed by atoms with Gasteiger partial charge in [-0.3, -0.25) is 0 Å². The van der Waals surface area contributed by atoms with Gasteiger partial charge in [0.05, 0.1) is 13.2 Å². The van der Waals surface area contributed by atoms with Crippen molar-refractivity contribution in [2.75, 3.05) is 32.8 Å². The van der Waals surface area contributed by atoms with E-state index < -0.39 is 0 Å². The van der Waals surface area contributed by atoms with E-state index in [4.69, 9.17) is 4.74 Å². The average Bonchev–Trinajstić information content (AvgIpc) is 3.29. The van der Waals surface area contributed by atoms with Crippen molar-refractivity contribution in [3.05, 3.63) is 67.2 Å². The fourth-order valence-corrected chi connectivity index (χ4v) is 6.59. The maximum Gasteiger partial charge on any atom is 0.0779 e. The van der Waals surface area contributed by atoms with Gasteiger partial charge in [0.15, 0.2) is 0 Å². The van der Waals surface area contributed by atoms with Gasteiger partial charge < -0.3 is 9.64 Å². The summed E-state index contributed by atoms with van der Waals surface area (Å²) in [5.41, 5.74) is 1.29. The van der Waals surface area contributed by atoms with Gasteiger partial charge in [-0.2, -0.15) is 0 Å². The molecule has 1 saturated heterocycles. The number of thioether (sulfide) groups is 1. The van der Waals surface area contributed by atoms with Crippen LogP contribution in [0.5, 0.6) is 0 Å². The minimum atomic E-state index is 0.695. The molecule has 1 aromatic heterocycles. The second-order valence-corrected chi connectivity index (χ2v) is 10.4. The highest BCUT2D eigenvalue weighted by Gasteiger charge is 2.17. The smallest absolute Gasteiger partial charge is 0.0779 e. The second kappa shape index (κ2) is 8.33. The molecular formula is C23H22BrNOS2. The summed E-state index contributed by atoms with van der Waals surface area (Å²) >= 11 is 7.39. The molecule has 5 heteroatoms. The number of hydrogen-bond acceptors (Lipinski definition) is 4. The lowest BCUT2D eigenvalue weighted by Gasteiger charge is -2.17. The Bertz CT molecular complexity index is 1120. The number of ether oxygens (including phenoxy) is 1. The number of fused-ring (bicyclic) bond motifs is 4. The third-order valence-electron chi connectivity index (χ3n) is 5.37. The van der Waals surface area contributed by atoms with Crippen molar-refractivity contribution in [1.82, 2.24) is 4.90 Å². The van der Waals surface area contributed by atoms with Crippen molar-refractivity contribution in [3.8, 4) is 0 Å². The summed E-state index contributed by atoms with van der Waals surface area (Å²) in [6.45, 7) is 5.03. The molecule has 2 aromatic rings. The molecule has 144 valence electrons. The van der Waals surface area contributed by atoms with Gasteiger partial charge in [-0.25, -0.2) is 0 Å². The van der Waals surface area contributed by atoms with Crippen molar-refractivity contribution in [2.45, 2.75) is 12.8 Å². The zero-order valence-electron chi connectivity index (χ0n) is 15.6. The summed E-state index contributed by atoms with van der Waals surface area (Å²) in [7, 11) is 0. The molecule has 0 N–H and O–H groups in total. The normalized spacial score (nSPS) is 19.1. The van der Waals surface area contributed by atoms with Crippen LogP contribution >= 0.6 is 39.0 Å². The van der Waals surface area contributed by atoms with Crippen LogP contribution < -0.4 is 9.75 Å². The minimum Gasteiger partial charge on any atom is -0.375 e. The molecule has 3 heterocycles. The van der Waals surface area contributed by atoms with Crippen LogP contribution in [-0.2, 0) is 4.74 Å². The minimum absolute atomic E-state index is 0.695. The van der Waals surface area contributed by atoms with Gasteiger partial charge in [0.2, 0.25) is 0 Å². The number of hydrogen-bond donors (Lipinski definition) is 0. The molecule has 0 atom stereocenters. The summed E-state index contributed by atoms with van der Waals surface area (Å²) < 4.78 is 9.83. The molecule has 0 amide bonds. The first-order valence-electron chi connectivity index (χ1n) is 9.78. The highest BCUT2D eigenvalue weighted by molar-refractivity contribution is 9.10. The summed E-state index contributed by atoms with van der Waals surface area (Å²) in [4.78, 5) is 5.14. The van der Waals surface area contributed by atoms with Crippen molar-refractivity contribution in [3.63, 3.8) is 0 Å². The summed E-state index contributed by atoms with van der Waals surface area (Å²) in [5, 5.41) is 2.70. The predicted molar refractivity (Wildman–Crippen MR) is 126 cm³/mol. The fraction of sp³-hybridized carbons (Fsp3) is 0.304. The van der Waals surface area contributed by atoms with Gasteiger partial charge >= 0.3 is 0 Å². The van der Waals surface area contributed by atoms with E-state index >= 15 is 0 Å². The number of likely N-dealkylation sites (tertiary alicyclic amines) is 1. The summed E-state index contributed by atoms with van der Waals surface area (Å²) in [6.07, 6.45) is 13.8. The molecule has 5 rings (SSSR count). The first-order valence-corrected chi connectivity index (χ1v) is 12.2. The molecule has 1 aliphatic carbocycles. The van der Waals surface area contributed by atoms with Crippen LogP contribution in [0.25, 0.3) is 21.1 Å². The van der Waals surface area contributed by atoms with Gasteiger partial charge in [-0.05, 0) is 61.9 Å². The predicted octanol–water partition coefficient (Wildman–Crippen LogP) is 4.79. The molecule has 0 saturated carbocycles. The van der Waals surface area contributed by atoms with E-state index in [2.05, 4.69) is 69.4 Å². The van der Waals surface area contributed by atoms with E-state index in [0.717, 1.165) is 17.6 Å². The maximum atomic E-state index is 6.02. The first kappa shape index (κ1) is 18.9. The standard InChI is InChI=1S/C23H22BrNOS2/c24-17-7-9-20-19(14-17)22-21(28-20)5-3-4-16-6-8-18(27-23(16)22)15-26-13-12-25-10-1-2-11-25/h3-9,14H,1-2,10-13,15H2. The Labute approximate surface area is 182 Å². The topological polar surface area (TPSA) is 12.5 Å². The van der Waals surface area contributed by atoms with Crippen LogP contribution in [0.2, 0.25) is 0 Å². The largest absolute Gasteiger partial charge is 0.375 e. The first-order chi connectivity index (χ1) is 13.8. The molecule has 2 nitrogen and oxygen atoms in total. The van der Waals surface area contributed by atoms with Gasteiger partial charge in [0, 0.05) is 40.7 Å². The van der Waals surface area contributed by atoms with E-state index in [1.165, 1.54) is 61.2 Å². The average molecular weight is 472 g/mol. The molecular weight excluding hydrogens is 450 g/mol. The van der Waals surface area contributed by atoms with E-state index in [-0.39, 0.29) is 0 Å². The van der Waals surface area contributed by atoms with Crippen LogP contribution in [0.15, 0.2) is 57.5 Å². The monoisotopic (exact) mass is 471 g/mol.